The van der Waals surface area contributed by atoms with Crippen molar-refractivity contribution in [1.29, 1.82) is 0 Å². The van der Waals surface area contributed by atoms with Crippen LogP contribution >= 0.6 is 0 Å². The molecule has 0 amide bonds. The van der Waals surface area contributed by atoms with E-state index in [4.69, 9.17) is 9.90 Å². The van der Waals surface area contributed by atoms with Crippen LogP contribution in [-0.4, -0.2) is 40.6 Å². The minimum Gasteiger partial charge on any atom is -0.503 e. The third-order valence-corrected chi connectivity index (χ3v) is 0. The summed E-state index contributed by atoms with van der Waals surface area (Å²) in [5.41, 5.74) is 0. The Morgan fingerprint density at radius 2 is 1.67 bits per heavy atom. The van der Waals surface area contributed by atoms with E-state index >= 15 is 0 Å². The summed E-state index contributed by atoms with van der Waals surface area (Å²) >= 11 is 0. The van der Waals surface area contributed by atoms with Crippen LogP contribution in [0.2, 0.25) is 0 Å². The van der Waals surface area contributed by atoms with Crippen molar-refractivity contribution < 1.29 is 39.5 Å². The van der Waals surface area contributed by atoms with E-state index in [1.165, 1.54) is 0 Å². The van der Waals surface area contributed by atoms with Crippen LogP contribution < -0.4 is 29.6 Å². The van der Waals surface area contributed by atoms with Gasteiger partial charge in [-0.1, -0.05) is 0 Å². The van der Waals surface area contributed by atoms with Crippen molar-refractivity contribution in [2.24, 2.45) is 0 Å². The number of rotatable bonds is 0. The van der Waals surface area contributed by atoms with Crippen molar-refractivity contribution in [2.45, 2.75) is 0 Å². The van der Waals surface area contributed by atoms with Gasteiger partial charge < -0.3 is 5.11 Å². The van der Waals surface area contributed by atoms with E-state index in [0.717, 1.165) is 0 Å². The fourth-order valence-electron chi connectivity index (χ4n) is 0. The monoisotopic (exact) mass is 105 g/mol. The third-order valence-electron chi connectivity index (χ3n) is 0. The number of carbonyl (C=O) groups is 1. The van der Waals surface area contributed by atoms with Crippen LogP contribution in [0, 0.1) is 6.92 Å². The van der Waals surface area contributed by atoms with Crippen LogP contribution in [-0.2, 0) is 4.79 Å². The van der Waals surface area contributed by atoms with E-state index in [1.54, 1.807) is 0 Å². The Labute approximate surface area is 80.9 Å². The molecule has 6 heavy (non-hydrogen) atoms. The van der Waals surface area contributed by atoms with Crippen molar-refractivity contribution >= 4 is 35.5 Å². The van der Waals surface area contributed by atoms with Gasteiger partial charge >= 0.3 is 29.6 Å². The molecule has 0 aliphatic carbocycles. The van der Waals surface area contributed by atoms with Gasteiger partial charge in [-0.2, -0.15) is 0 Å². The van der Waals surface area contributed by atoms with Crippen molar-refractivity contribution in [3.8, 4) is 0 Å². The van der Waals surface area contributed by atoms with E-state index < -0.39 is 5.97 Å². The van der Waals surface area contributed by atoms with Crippen LogP contribution in [0.4, 0.5) is 0 Å². The van der Waals surface area contributed by atoms with Gasteiger partial charge in [-0.05, 0) is 0 Å². The minimum absolute atomic E-state index is 0. The maximum Gasteiger partial charge on any atom is 1.00 e. The summed E-state index contributed by atoms with van der Waals surface area (Å²) in [4.78, 5) is 8.89. The van der Waals surface area contributed by atoms with Crippen LogP contribution in [0.5, 0.6) is 0 Å². The summed E-state index contributed by atoms with van der Waals surface area (Å²) in [5.74, 6) is -1.08. The Hall–Kier alpha value is 1.34. The summed E-state index contributed by atoms with van der Waals surface area (Å²) in [7, 11) is 0. The molecule has 0 aliphatic heterocycles. The van der Waals surface area contributed by atoms with E-state index in [2.05, 4.69) is 6.92 Å². The predicted octanol–water partition coefficient (Wildman–Crippen LogP) is -3.47. The second kappa shape index (κ2) is 9.60. The first-order valence-corrected chi connectivity index (χ1v) is 0.781. The van der Waals surface area contributed by atoms with Gasteiger partial charge in [0.25, 0.3) is 0 Å². The Morgan fingerprint density at radius 1 is 1.67 bits per heavy atom. The zero-order valence-electron chi connectivity index (χ0n) is 4.06. The van der Waals surface area contributed by atoms with Gasteiger partial charge in [-0.25, -0.2) is 0 Å². The molecule has 0 fully saturated rings. The predicted molar refractivity (Wildman–Crippen MR) is 18.7 cm³/mol. The number of carboxylic acid groups (broad SMARTS) is 1. The molecule has 0 aromatic rings. The fraction of sp³-hybridized carbons (Fsp3) is 0. The fourth-order valence-corrected chi connectivity index (χ4v) is 0. The van der Waals surface area contributed by atoms with Crippen LogP contribution in [0.1, 0.15) is 0 Å². The molecule has 0 spiro atoms. The molecular formula is C2H3Na2O2. The standard InChI is InChI=1S/C2H3O2.2Na/c1-2(3)4;;/h1H2,(H,3,4);;/q-1;;+1. The molecule has 2 nitrogen and oxygen atoms in total. The van der Waals surface area contributed by atoms with Gasteiger partial charge in [0.05, 0.1) is 0 Å². The molecule has 25 valence electrons. The number of hydrogen-bond acceptors (Lipinski definition) is 1. The van der Waals surface area contributed by atoms with Crippen molar-refractivity contribution in [2.75, 3.05) is 0 Å². The summed E-state index contributed by atoms with van der Waals surface area (Å²) in [6.45, 7) is 2.56. The molecule has 0 rings (SSSR count). The van der Waals surface area contributed by atoms with E-state index in [0.29, 0.717) is 0 Å². The van der Waals surface area contributed by atoms with Crippen molar-refractivity contribution in [3.05, 3.63) is 6.92 Å². The molecule has 0 bridgehead atoms. The Balaban J connectivity index is -0.0000000450. The van der Waals surface area contributed by atoms with Crippen molar-refractivity contribution in [3.63, 3.8) is 0 Å². The molecule has 1 radical (unpaired) electrons. The zero-order chi connectivity index (χ0) is 3.58. The topological polar surface area (TPSA) is 37.3 Å². The molecule has 0 heterocycles. The van der Waals surface area contributed by atoms with E-state index in [9.17, 15) is 0 Å². The van der Waals surface area contributed by atoms with Gasteiger partial charge in [0.15, 0.2) is 5.97 Å². The molecule has 0 aromatic heterocycles. The first-order chi connectivity index (χ1) is 1.73. The first kappa shape index (κ1) is 15.7. The normalized spacial score (nSPS) is 4.00. The van der Waals surface area contributed by atoms with E-state index in [-0.39, 0.29) is 59.1 Å². The first-order valence-electron chi connectivity index (χ1n) is 0.781. The third kappa shape index (κ3) is 56.0. The quantitative estimate of drug-likeness (QED) is 0.257. The second-order valence-electron chi connectivity index (χ2n) is 0.394. The molecular weight excluding hydrogens is 102 g/mol. The molecule has 0 atom stereocenters. The zero-order valence-corrected chi connectivity index (χ0v) is 8.06. The average Bonchev–Trinajstić information content (AvgIpc) is 0.811. The maximum absolute atomic E-state index is 8.89. The Kier molecular flexibility index (Phi) is 25.1. The largest absolute Gasteiger partial charge is 1.00 e. The van der Waals surface area contributed by atoms with Crippen molar-refractivity contribution in [1.82, 2.24) is 0 Å². The molecule has 0 saturated carbocycles. The van der Waals surface area contributed by atoms with Crippen LogP contribution in [0.25, 0.3) is 0 Å². The number of aliphatic carboxylic acids is 1. The van der Waals surface area contributed by atoms with Gasteiger partial charge in [0.1, 0.15) is 0 Å². The SMILES string of the molecule is [CH2-]C(=O)O.[Na+].[Na]. The minimum atomic E-state index is -1.08. The number of carboxylic acids is 1. The smallest absolute Gasteiger partial charge is 0.503 e. The van der Waals surface area contributed by atoms with Gasteiger partial charge in [-0.15, -0.1) is 0 Å². The van der Waals surface area contributed by atoms with Gasteiger partial charge in [0.2, 0.25) is 0 Å². The average molecular weight is 105 g/mol. The molecule has 4 heteroatoms. The summed E-state index contributed by atoms with van der Waals surface area (Å²) in [6.07, 6.45) is 0. The van der Waals surface area contributed by atoms with E-state index in [1.807, 2.05) is 0 Å². The van der Waals surface area contributed by atoms with Gasteiger partial charge in [0, 0.05) is 29.6 Å². The molecule has 1 N–H and O–H groups in total. The maximum atomic E-state index is 8.89. The Bertz CT molecular complexity index is 32.5. The van der Waals surface area contributed by atoms with Gasteiger partial charge in [-0.3, -0.25) is 11.7 Å². The van der Waals surface area contributed by atoms with Crippen LogP contribution in [0.15, 0.2) is 0 Å². The Morgan fingerprint density at radius 3 is 1.67 bits per heavy atom. The molecule has 0 aromatic carbocycles. The van der Waals surface area contributed by atoms with Crippen LogP contribution in [0.3, 0.4) is 0 Å². The molecule has 0 saturated heterocycles. The summed E-state index contributed by atoms with van der Waals surface area (Å²) < 4.78 is 0. The second-order valence-corrected chi connectivity index (χ2v) is 0.394. The number of hydrogen-bond donors (Lipinski definition) is 1. The molecule has 0 unspecified atom stereocenters. The summed E-state index contributed by atoms with van der Waals surface area (Å²) in [5, 5.41) is 7.31. The molecule has 0 aliphatic rings. The summed E-state index contributed by atoms with van der Waals surface area (Å²) in [6, 6.07) is 0.